The van der Waals surface area contributed by atoms with Gasteiger partial charge in [0, 0.05) is 18.1 Å². The fraction of sp³-hybridized carbons (Fsp3) is 0.133. The monoisotopic (exact) mass is 307 g/mol. The summed E-state index contributed by atoms with van der Waals surface area (Å²) in [7, 11) is 0. The summed E-state index contributed by atoms with van der Waals surface area (Å²) in [5.74, 6) is 0.120. The van der Waals surface area contributed by atoms with Crippen molar-refractivity contribution in [3.8, 4) is 5.75 Å². The van der Waals surface area contributed by atoms with Crippen LogP contribution in [-0.4, -0.2) is 15.9 Å². The average Bonchev–Trinajstić information content (AvgIpc) is 2.69. The molecule has 102 valence electrons. The van der Waals surface area contributed by atoms with Crippen LogP contribution >= 0.6 is 23.2 Å². The Kier molecular flexibility index (Phi) is 3.32. The first-order valence-corrected chi connectivity index (χ1v) is 6.85. The van der Waals surface area contributed by atoms with Crippen molar-refractivity contribution in [3.05, 3.63) is 63.1 Å². The summed E-state index contributed by atoms with van der Waals surface area (Å²) in [5.41, 5.74) is 2.34. The highest BCUT2D eigenvalue weighted by Gasteiger charge is 2.30. The number of carbonyl (C=O) groups excluding carboxylic acids is 1. The average molecular weight is 308 g/mol. The van der Waals surface area contributed by atoms with Crippen LogP contribution in [0.3, 0.4) is 0 Å². The van der Waals surface area contributed by atoms with Gasteiger partial charge in [0.05, 0.1) is 10.6 Å². The summed E-state index contributed by atoms with van der Waals surface area (Å²) in [6, 6.07) is 10.2. The molecule has 0 saturated carbocycles. The van der Waals surface area contributed by atoms with Crippen molar-refractivity contribution in [2.45, 2.75) is 13.1 Å². The summed E-state index contributed by atoms with van der Waals surface area (Å²) in [6.07, 6.45) is 0. The van der Waals surface area contributed by atoms with E-state index < -0.39 is 0 Å². The third kappa shape index (κ3) is 2.35. The summed E-state index contributed by atoms with van der Waals surface area (Å²) < 4.78 is 0. The molecule has 3 nitrogen and oxygen atoms in total. The second kappa shape index (κ2) is 5.00. The maximum absolute atomic E-state index is 12.3. The normalized spacial score (nSPS) is 13.7. The molecule has 0 aromatic heterocycles. The molecule has 0 aliphatic carbocycles. The van der Waals surface area contributed by atoms with Crippen molar-refractivity contribution in [3.63, 3.8) is 0 Å². The predicted octanol–water partition coefficient (Wildman–Crippen LogP) is 3.86. The first-order valence-electron chi connectivity index (χ1n) is 6.09. The molecule has 0 fully saturated rings. The maximum Gasteiger partial charge on any atom is 0.256 e. The Labute approximate surface area is 126 Å². The topological polar surface area (TPSA) is 40.5 Å². The number of rotatable bonds is 2. The molecule has 1 aliphatic rings. The van der Waals surface area contributed by atoms with Crippen LogP contribution in [0.5, 0.6) is 5.75 Å². The number of phenols is 1. The summed E-state index contributed by atoms with van der Waals surface area (Å²) in [4.78, 5) is 14.1. The van der Waals surface area contributed by atoms with Gasteiger partial charge in [0.1, 0.15) is 5.75 Å². The van der Waals surface area contributed by atoms with E-state index in [9.17, 15) is 9.90 Å². The Morgan fingerprint density at radius 1 is 1.15 bits per heavy atom. The minimum Gasteiger partial charge on any atom is -0.508 e. The van der Waals surface area contributed by atoms with Gasteiger partial charge in [-0.25, -0.2) is 0 Å². The largest absolute Gasteiger partial charge is 0.508 e. The van der Waals surface area contributed by atoms with Crippen LogP contribution in [0.1, 0.15) is 21.5 Å². The molecule has 2 aromatic carbocycles. The van der Waals surface area contributed by atoms with Crippen LogP contribution in [0.4, 0.5) is 0 Å². The quantitative estimate of drug-likeness (QED) is 0.915. The van der Waals surface area contributed by atoms with E-state index in [2.05, 4.69) is 0 Å². The number of carbonyl (C=O) groups is 1. The first kappa shape index (κ1) is 13.3. The van der Waals surface area contributed by atoms with Crippen molar-refractivity contribution in [2.75, 3.05) is 0 Å². The minimum absolute atomic E-state index is 0.0882. The van der Waals surface area contributed by atoms with Crippen LogP contribution in [0.15, 0.2) is 36.4 Å². The lowest BCUT2D eigenvalue weighted by atomic mass is 10.1. The Morgan fingerprint density at radius 3 is 2.55 bits per heavy atom. The van der Waals surface area contributed by atoms with E-state index in [1.54, 1.807) is 41.3 Å². The number of hydrogen-bond donors (Lipinski definition) is 1. The number of hydrogen-bond acceptors (Lipinski definition) is 2. The number of aromatic hydroxyl groups is 1. The number of benzene rings is 2. The van der Waals surface area contributed by atoms with Crippen LogP contribution in [-0.2, 0) is 13.1 Å². The second-order valence-electron chi connectivity index (χ2n) is 4.75. The van der Waals surface area contributed by atoms with Gasteiger partial charge in [0.15, 0.2) is 0 Å². The van der Waals surface area contributed by atoms with Gasteiger partial charge >= 0.3 is 0 Å². The minimum atomic E-state index is -0.0882. The van der Waals surface area contributed by atoms with Crippen LogP contribution in [0, 0.1) is 0 Å². The molecule has 1 aliphatic heterocycles. The van der Waals surface area contributed by atoms with Crippen LogP contribution in [0.2, 0.25) is 10.0 Å². The number of phenolic OH excluding ortho intramolecular Hbond substituents is 1. The highest BCUT2D eigenvalue weighted by atomic mass is 35.5. The zero-order chi connectivity index (χ0) is 14.3. The zero-order valence-electron chi connectivity index (χ0n) is 10.4. The number of fused-ring (bicyclic) bond motifs is 1. The highest BCUT2D eigenvalue weighted by molar-refractivity contribution is 6.37. The van der Waals surface area contributed by atoms with Gasteiger partial charge in [0.2, 0.25) is 0 Å². The predicted molar refractivity (Wildman–Crippen MR) is 78.1 cm³/mol. The third-order valence-electron chi connectivity index (χ3n) is 3.31. The van der Waals surface area contributed by atoms with Crippen molar-refractivity contribution < 1.29 is 9.90 Å². The van der Waals surface area contributed by atoms with Crippen molar-refractivity contribution in [1.29, 1.82) is 0 Å². The molecule has 2 aromatic rings. The van der Waals surface area contributed by atoms with Gasteiger partial charge in [-0.1, -0.05) is 35.3 Å². The maximum atomic E-state index is 12.3. The molecule has 1 N–H and O–H groups in total. The van der Waals surface area contributed by atoms with E-state index in [0.29, 0.717) is 28.7 Å². The van der Waals surface area contributed by atoms with E-state index in [0.717, 1.165) is 11.1 Å². The summed E-state index contributed by atoms with van der Waals surface area (Å²) in [5, 5.41) is 10.2. The number of nitrogens with zero attached hydrogens (tertiary/aromatic N) is 1. The molecule has 0 saturated heterocycles. The molecule has 0 radical (unpaired) electrons. The molecule has 1 heterocycles. The molecule has 0 atom stereocenters. The van der Waals surface area contributed by atoms with Gasteiger partial charge in [0.25, 0.3) is 5.91 Å². The fourth-order valence-corrected chi connectivity index (χ4v) is 2.99. The molecular weight excluding hydrogens is 297 g/mol. The van der Waals surface area contributed by atoms with E-state index in [1.807, 2.05) is 0 Å². The third-order valence-corrected chi connectivity index (χ3v) is 3.83. The van der Waals surface area contributed by atoms with Gasteiger partial charge in [-0.2, -0.15) is 0 Å². The Balaban J connectivity index is 1.87. The van der Waals surface area contributed by atoms with E-state index >= 15 is 0 Å². The van der Waals surface area contributed by atoms with E-state index in [1.165, 1.54) is 0 Å². The molecule has 0 bridgehead atoms. The van der Waals surface area contributed by atoms with Gasteiger partial charge in [-0.3, -0.25) is 4.79 Å². The number of amides is 1. The van der Waals surface area contributed by atoms with Gasteiger partial charge in [-0.15, -0.1) is 0 Å². The molecule has 1 amide bonds. The lowest BCUT2D eigenvalue weighted by Gasteiger charge is -2.15. The number of halogens is 2. The van der Waals surface area contributed by atoms with Crippen LogP contribution in [0.25, 0.3) is 0 Å². The molecule has 3 rings (SSSR count). The van der Waals surface area contributed by atoms with Crippen molar-refractivity contribution in [2.24, 2.45) is 0 Å². The molecule has 20 heavy (non-hydrogen) atoms. The summed E-state index contributed by atoms with van der Waals surface area (Å²) in [6.45, 7) is 0.969. The smallest absolute Gasteiger partial charge is 0.256 e. The molecular formula is C15H11Cl2NO2. The Bertz CT molecular complexity index is 683. The van der Waals surface area contributed by atoms with Crippen molar-refractivity contribution in [1.82, 2.24) is 4.90 Å². The fourth-order valence-electron chi connectivity index (χ4n) is 2.38. The summed E-state index contributed by atoms with van der Waals surface area (Å²) >= 11 is 12.1. The Hall–Kier alpha value is -1.71. The van der Waals surface area contributed by atoms with E-state index in [4.69, 9.17) is 23.2 Å². The first-order chi connectivity index (χ1) is 9.54. The van der Waals surface area contributed by atoms with Crippen molar-refractivity contribution >= 4 is 29.1 Å². The lowest BCUT2D eigenvalue weighted by Crippen LogP contribution is -2.23. The standard InChI is InChI=1S/C15H11Cl2NO2/c16-11-5-10-8-18(15(20)14(10)13(17)6-11)7-9-1-3-12(19)4-2-9/h1-6,19H,7-8H2. The SMILES string of the molecule is O=C1c2c(Cl)cc(Cl)cc2CN1Cc1ccc(O)cc1. The second-order valence-corrected chi connectivity index (χ2v) is 5.59. The molecule has 0 spiro atoms. The molecule has 0 unspecified atom stereocenters. The molecule has 5 heteroatoms. The van der Waals surface area contributed by atoms with Gasteiger partial charge in [-0.05, 0) is 35.4 Å². The lowest BCUT2D eigenvalue weighted by molar-refractivity contribution is 0.0767. The Morgan fingerprint density at radius 2 is 1.85 bits per heavy atom. The van der Waals surface area contributed by atoms with Crippen LogP contribution < -0.4 is 0 Å². The van der Waals surface area contributed by atoms with Gasteiger partial charge < -0.3 is 10.0 Å². The van der Waals surface area contributed by atoms with E-state index in [-0.39, 0.29) is 11.7 Å². The highest BCUT2D eigenvalue weighted by Crippen LogP contribution is 2.33. The zero-order valence-corrected chi connectivity index (χ0v) is 11.9.